The van der Waals surface area contributed by atoms with E-state index in [2.05, 4.69) is 4.98 Å². The number of pyridine rings is 1. The van der Waals surface area contributed by atoms with Crippen molar-refractivity contribution in [3.8, 4) is 0 Å². The number of alkyl halides is 1. The lowest BCUT2D eigenvalue weighted by Gasteiger charge is -2.22. The van der Waals surface area contributed by atoms with Crippen molar-refractivity contribution >= 4 is 17.3 Å². The fourth-order valence-corrected chi connectivity index (χ4v) is 2.32. The summed E-state index contributed by atoms with van der Waals surface area (Å²) in [6, 6.07) is 10.9. The minimum absolute atomic E-state index is 0.160. The monoisotopic (exact) mass is 278 g/mol. The van der Waals surface area contributed by atoms with Crippen LogP contribution in [0.3, 0.4) is 0 Å². The molecule has 0 aliphatic heterocycles. The second-order valence-electron chi connectivity index (χ2n) is 4.50. The Morgan fingerprint density at radius 2 is 1.95 bits per heavy atom. The highest BCUT2D eigenvalue weighted by atomic mass is 35.5. The van der Waals surface area contributed by atoms with E-state index in [1.807, 2.05) is 43.1 Å². The average molecular weight is 279 g/mol. The molecule has 1 heterocycles. The van der Waals surface area contributed by atoms with Crippen molar-refractivity contribution in [3.05, 3.63) is 59.2 Å². The summed E-state index contributed by atoms with van der Waals surface area (Å²) in [7, 11) is 1.91. The number of aryl methyl sites for hydroxylation is 1. The number of benzene rings is 1. The first kappa shape index (κ1) is 13.8. The molecule has 0 atom stereocenters. The lowest BCUT2D eigenvalue weighted by atomic mass is 10.1. The Bertz CT molecular complexity index is 572. The van der Waals surface area contributed by atoms with E-state index < -0.39 is 0 Å². The van der Waals surface area contributed by atoms with Crippen LogP contribution in [-0.4, -0.2) is 12.0 Å². The Morgan fingerprint density at radius 3 is 2.63 bits per heavy atom. The molecule has 0 bridgehead atoms. The van der Waals surface area contributed by atoms with Crippen LogP contribution in [0.4, 0.5) is 10.1 Å². The average Bonchev–Trinajstić information content (AvgIpc) is 2.38. The molecule has 4 heteroatoms. The van der Waals surface area contributed by atoms with Crippen LogP contribution >= 0.6 is 11.6 Å². The maximum Gasteiger partial charge on any atom is 0.129 e. The molecule has 0 aliphatic carbocycles. The van der Waals surface area contributed by atoms with Gasteiger partial charge in [-0.2, -0.15) is 0 Å². The Morgan fingerprint density at radius 1 is 1.21 bits per heavy atom. The first-order valence-electron chi connectivity index (χ1n) is 6.09. The van der Waals surface area contributed by atoms with Gasteiger partial charge in [-0.25, -0.2) is 4.39 Å². The third-order valence-electron chi connectivity index (χ3n) is 2.98. The van der Waals surface area contributed by atoms with Gasteiger partial charge >= 0.3 is 0 Å². The summed E-state index contributed by atoms with van der Waals surface area (Å²) >= 11 is 5.83. The fraction of sp³-hybridized carbons (Fsp3) is 0.267. The molecule has 2 nitrogen and oxygen atoms in total. The van der Waals surface area contributed by atoms with Crippen molar-refractivity contribution < 1.29 is 4.39 Å². The molecule has 100 valence electrons. The summed E-state index contributed by atoms with van der Waals surface area (Å²) < 4.78 is 13.7. The topological polar surface area (TPSA) is 16.1 Å². The van der Waals surface area contributed by atoms with E-state index in [-0.39, 0.29) is 11.7 Å². The number of hydrogen-bond donors (Lipinski definition) is 0. The highest BCUT2D eigenvalue weighted by molar-refractivity contribution is 6.17. The van der Waals surface area contributed by atoms with Gasteiger partial charge in [0.25, 0.3) is 0 Å². The van der Waals surface area contributed by atoms with Gasteiger partial charge in [0.1, 0.15) is 5.82 Å². The van der Waals surface area contributed by atoms with Gasteiger partial charge in [0, 0.05) is 24.0 Å². The highest BCUT2D eigenvalue weighted by Crippen LogP contribution is 2.25. The van der Waals surface area contributed by atoms with Gasteiger partial charge in [0.05, 0.1) is 18.1 Å². The summed E-state index contributed by atoms with van der Waals surface area (Å²) in [6.07, 6.45) is 0. The quantitative estimate of drug-likeness (QED) is 0.789. The summed E-state index contributed by atoms with van der Waals surface area (Å²) in [5.74, 6) is -0.107. The van der Waals surface area contributed by atoms with Gasteiger partial charge in [-0.05, 0) is 31.2 Å². The van der Waals surface area contributed by atoms with Gasteiger partial charge in [0.2, 0.25) is 0 Å². The van der Waals surface area contributed by atoms with Gasteiger partial charge < -0.3 is 4.90 Å². The SMILES string of the molecule is Cc1cccc(CN(C)c2cccc(F)c2CCl)n1. The van der Waals surface area contributed by atoms with Gasteiger partial charge in [-0.15, -0.1) is 11.6 Å². The molecular formula is C15H16ClFN2. The molecule has 1 aromatic heterocycles. The lowest BCUT2D eigenvalue weighted by Crippen LogP contribution is -2.19. The standard InChI is InChI=1S/C15H16ClFN2/c1-11-5-3-6-12(18-11)10-19(2)15-8-4-7-14(17)13(15)9-16/h3-8H,9-10H2,1-2H3. The summed E-state index contributed by atoms with van der Waals surface area (Å²) in [5.41, 5.74) is 3.26. The molecule has 0 unspecified atom stereocenters. The normalized spacial score (nSPS) is 10.5. The van der Waals surface area contributed by atoms with E-state index in [1.165, 1.54) is 6.07 Å². The molecule has 0 N–H and O–H groups in total. The number of nitrogens with zero attached hydrogens (tertiary/aromatic N) is 2. The zero-order chi connectivity index (χ0) is 13.8. The molecule has 19 heavy (non-hydrogen) atoms. The second-order valence-corrected chi connectivity index (χ2v) is 4.76. The first-order valence-corrected chi connectivity index (χ1v) is 6.62. The molecular weight excluding hydrogens is 263 g/mol. The first-order chi connectivity index (χ1) is 9.11. The van der Waals surface area contributed by atoms with Crippen LogP contribution in [0.1, 0.15) is 17.0 Å². The summed E-state index contributed by atoms with van der Waals surface area (Å²) in [6.45, 7) is 2.57. The zero-order valence-electron chi connectivity index (χ0n) is 11.0. The zero-order valence-corrected chi connectivity index (χ0v) is 11.8. The van der Waals surface area contributed by atoms with Crippen LogP contribution in [0.25, 0.3) is 0 Å². The van der Waals surface area contributed by atoms with Crippen molar-refractivity contribution in [1.82, 2.24) is 4.98 Å². The molecule has 1 aromatic carbocycles. The number of hydrogen-bond acceptors (Lipinski definition) is 2. The number of aromatic nitrogens is 1. The number of anilines is 1. The van der Waals surface area contributed by atoms with E-state index in [0.29, 0.717) is 12.1 Å². The maximum atomic E-state index is 13.7. The second kappa shape index (κ2) is 6.02. The molecule has 0 saturated heterocycles. The molecule has 2 aromatic rings. The Kier molecular flexibility index (Phi) is 4.38. The Balaban J connectivity index is 2.25. The predicted molar refractivity (Wildman–Crippen MR) is 77.0 cm³/mol. The van der Waals surface area contributed by atoms with Crippen molar-refractivity contribution in [1.29, 1.82) is 0 Å². The van der Waals surface area contributed by atoms with Gasteiger partial charge in [-0.1, -0.05) is 12.1 Å². The summed E-state index contributed by atoms with van der Waals surface area (Å²) in [4.78, 5) is 6.41. The number of halogens is 2. The predicted octanol–water partition coefficient (Wildman–Crippen LogP) is 3.90. The van der Waals surface area contributed by atoms with Crippen molar-refractivity contribution in [2.75, 3.05) is 11.9 Å². The molecule has 0 aliphatic rings. The van der Waals surface area contributed by atoms with Gasteiger partial charge in [-0.3, -0.25) is 4.98 Å². The van der Waals surface area contributed by atoms with Crippen LogP contribution in [0.5, 0.6) is 0 Å². The van der Waals surface area contributed by atoms with E-state index in [4.69, 9.17) is 11.6 Å². The molecule has 0 saturated carbocycles. The molecule has 0 spiro atoms. The molecule has 2 rings (SSSR count). The van der Waals surface area contributed by atoms with E-state index in [1.54, 1.807) is 6.07 Å². The van der Waals surface area contributed by atoms with Crippen LogP contribution in [-0.2, 0) is 12.4 Å². The van der Waals surface area contributed by atoms with E-state index in [0.717, 1.165) is 17.1 Å². The molecule has 0 radical (unpaired) electrons. The van der Waals surface area contributed by atoms with E-state index in [9.17, 15) is 4.39 Å². The largest absolute Gasteiger partial charge is 0.368 e. The summed E-state index contributed by atoms with van der Waals surface area (Å²) in [5, 5.41) is 0. The number of rotatable bonds is 4. The van der Waals surface area contributed by atoms with Crippen LogP contribution in [0.2, 0.25) is 0 Å². The minimum atomic E-state index is -0.267. The maximum absolute atomic E-state index is 13.7. The minimum Gasteiger partial charge on any atom is -0.368 e. The third kappa shape index (κ3) is 3.24. The fourth-order valence-electron chi connectivity index (χ4n) is 2.05. The molecule has 0 amide bonds. The van der Waals surface area contributed by atoms with Crippen LogP contribution in [0.15, 0.2) is 36.4 Å². The van der Waals surface area contributed by atoms with Crippen molar-refractivity contribution in [2.45, 2.75) is 19.3 Å². The Labute approximate surface area is 117 Å². The van der Waals surface area contributed by atoms with Crippen molar-refractivity contribution in [3.63, 3.8) is 0 Å². The molecule has 0 fully saturated rings. The Hall–Kier alpha value is -1.61. The van der Waals surface area contributed by atoms with Gasteiger partial charge in [0.15, 0.2) is 0 Å². The van der Waals surface area contributed by atoms with Crippen molar-refractivity contribution in [2.24, 2.45) is 0 Å². The van der Waals surface area contributed by atoms with Crippen LogP contribution in [0, 0.1) is 12.7 Å². The van der Waals surface area contributed by atoms with Crippen LogP contribution < -0.4 is 4.90 Å². The smallest absolute Gasteiger partial charge is 0.129 e. The third-order valence-corrected chi connectivity index (χ3v) is 3.25. The lowest BCUT2D eigenvalue weighted by molar-refractivity contribution is 0.616. The highest BCUT2D eigenvalue weighted by Gasteiger charge is 2.11. The van der Waals surface area contributed by atoms with E-state index >= 15 is 0 Å².